The second-order valence-electron chi connectivity index (χ2n) is 8.34. The number of halogens is 1. The predicted octanol–water partition coefficient (Wildman–Crippen LogP) is 3.40. The molecule has 0 bridgehead atoms. The molecule has 1 atom stereocenters. The third-order valence-corrected chi connectivity index (χ3v) is 4.57. The fourth-order valence-corrected chi connectivity index (χ4v) is 3.01. The number of aromatic nitrogens is 2. The molecule has 1 heterocycles. The maximum Gasteiger partial charge on any atom is 0.410 e. The summed E-state index contributed by atoms with van der Waals surface area (Å²) in [5.74, 6) is 0.749. The Morgan fingerprint density at radius 1 is 1.30 bits per heavy atom. The van der Waals surface area contributed by atoms with Crippen LogP contribution in [0.1, 0.15) is 58.5 Å². The van der Waals surface area contributed by atoms with Gasteiger partial charge in [0.1, 0.15) is 5.60 Å². The van der Waals surface area contributed by atoms with Gasteiger partial charge in [0.05, 0.1) is 12.2 Å². The molecule has 30 heavy (non-hydrogen) atoms. The number of nitrogens with zero attached hydrogens (tertiary/aromatic N) is 4. The third kappa shape index (κ3) is 9.53. The molecule has 9 heteroatoms. The molecule has 0 aliphatic heterocycles. The van der Waals surface area contributed by atoms with Crippen LogP contribution in [0.4, 0.5) is 4.79 Å². The lowest BCUT2D eigenvalue weighted by Gasteiger charge is -2.26. The van der Waals surface area contributed by atoms with Crippen LogP contribution in [-0.4, -0.2) is 64.6 Å². The maximum absolute atomic E-state index is 12.3. The van der Waals surface area contributed by atoms with Crippen molar-refractivity contribution in [3.05, 3.63) is 17.0 Å². The number of ether oxygens (including phenoxy) is 1. The van der Waals surface area contributed by atoms with Crippen LogP contribution in [0.3, 0.4) is 0 Å². The van der Waals surface area contributed by atoms with Crippen LogP contribution in [0.5, 0.6) is 0 Å². The Kier molecular flexibility index (Phi) is 12.4. The fourth-order valence-electron chi connectivity index (χ4n) is 3.01. The van der Waals surface area contributed by atoms with Crippen molar-refractivity contribution in [3.8, 4) is 0 Å². The highest BCUT2D eigenvalue weighted by Gasteiger charge is 2.20. The Labute approximate surface area is 199 Å². The number of guanidine groups is 1. The molecule has 2 N–H and O–H groups in total. The van der Waals surface area contributed by atoms with Gasteiger partial charge in [0.15, 0.2) is 5.96 Å². The van der Waals surface area contributed by atoms with Crippen LogP contribution < -0.4 is 10.6 Å². The molecule has 0 fully saturated rings. The van der Waals surface area contributed by atoms with E-state index in [-0.39, 0.29) is 36.1 Å². The third-order valence-electron chi connectivity index (χ3n) is 4.57. The Balaban J connectivity index is 0.00000841. The minimum absolute atomic E-state index is 0. The van der Waals surface area contributed by atoms with Crippen molar-refractivity contribution in [2.45, 2.75) is 73.5 Å². The first-order chi connectivity index (χ1) is 13.5. The average Bonchev–Trinajstić information content (AvgIpc) is 2.83. The number of hydrogen-bond donors (Lipinski definition) is 2. The van der Waals surface area contributed by atoms with E-state index in [9.17, 15) is 4.79 Å². The van der Waals surface area contributed by atoms with E-state index in [1.54, 1.807) is 4.90 Å². The van der Waals surface area contributed by atoms with Crippen molar-refractivity contribution in [1.82, 2.24) is 25.3 Å². The maximum atomic E-state index is 12.3. The monoisotopic (exact) mass is 536 g/mol. The van der Waals surface area contributed by atoms with Crippen LogP contribution in [0.2, 0.25) is 0 Å². The molecule has 174 valence electrons. The zero-order valence-corrected chi connectivity index (χ0v) is 22.5. The molecule has 0 aliphatic carbocycles. The van der Waals surface area contributed by atoms with Gasteiger partial charge in [-0.15, -0.1) is 24.0 Å². The van der Waals surface area contributed by atoms with Gasteiger partial charge in [-0.25, -0.2) is 4.79 Å². The van der Waals surface area contributed by atoms with Gasteiger partial charge in [-0.1, -0.05) is 0 Å². The van der Waals surface area contributed by atoms with Gasteiger partial charge in [0.2, 0.25) is 0 Å². The van der Waals surface area contributed by atoms with E-state index in [4.69, 9.17) is 4.74 Å². The summed E-state index contributed by atoms with van der Waals surface area (Å²) in [7, 11) is 1.97. The van der Waals surface area contributed by atoms with Crippen LogP contribution in [0, 0.1) is 13.8 Å². The lowest BCUT2D eigenvalue weighted by atomic mass is 10.1. The van der Waals surface area contributed by atoms with E-state index in [0.29, 0.717) is 19.6 Å². The van der Waals surface area contributed by atoms with Crippen LogP contribution in [-0.2, 0) is 18.2 Å². The first-order valence-corrected chi connectivity index (χ1v) is 10.5. The van der Waals surface area contributed by atoms with E-state index in [1.807, 2.05) is 53.3 Å². The Morgan fingerprint density at radius 3 is 2.40 bits per heavy atom. The number of carbonyl (C=O) groups is 1. The second-order valence-corrected chi connectivity index (χ2v) is 8.34. The van der Waals surface area contributed by atoms with Crippen LogP contribution in [0.25, 0.3) is 0 Å². The van der Waals surface area contributed by atoms with E-state index < -0.39 is 5.60 Å². The predicted molar refractivity (Wildman–Crippen MR) is 134 cm³/mol. The molecular weight excluding hydrogens is 495 g/mol. The minimum atomic E-state index is -0.498. The largest absolute Gasteiger partial charge is 0.444 e. The van der Waals surface area contributed by atoms with Gasteiger partial charge in [-0.05, 0) is 67.4 Å². The first-order valence-electron chi connectivity index (χ1n) is 10.5. The van der Waals surface area contributed by atoms with E-state index in [1.165, 1.54) is 11.3 Å². The molecule has 1 rings (SSSR count). The smallest absolute Gasteiger partial charge is 0.410 e. The Hall–Kier alpha value is -1.52. The van der Waals surface area contributed by atoms with Crippen LogP contribution >= 0.6 is 24.0 Å². The molecule has 0 aromatic carbocycles. The topological polar surface area (TPSA) is 83.8 Å². The molecule has 0 radical (unpaired) electrons. The van der Waals surface area contributed by atoms with Crippen molar-refractivity contribution in [2.24, 2.45) is 12.0 Å². The highest BCUT2D eigenvalue weighted by molar-refractivity contribution is 14.0. The number of rotatable bonds is 8. The molecule has 1 unspecified atom stereocenters. The summed E-state index contributed by atoms with van der Waals surface area (Å²) in [5, 5.41) is 11.2. The summed E-state index contributed by atoms with van der Waals surface area (Å²) >= 11 is 0. The van der Waals surface area contributed by atoms with E-state index >= 15 is 0 Å². The molecule has 0 spiro atoms. The molecule has 1 aromatic rings. The summed E-state index contributed by atoms with van der Waals surface area (Å²) in [6, 6.07) is 0.197. The number of carbonyl (C=O) groups excluding carboxylic acids is 1. The summed E-state index contributed by atoms with van der Waals surface area (Å²) in [4.78, 5) is 18.6. The van der Waals surface area contributed by atoms with Crippen molar-refractivity contribution >= 4 is 36.0 Å². The molecule has 0 saturated carbocycles. The van der Waals surface area contributed by atoms with Crippen molar-refractivity contribution in [1.29, 1.82) is 0 Å². The summed E-state index contributed by atoms with van der Waals surface area (Å²) in [6.07, 6.45) is 0.568. The summed E-state index contributed by atoms with van der Waals surface area (Å²) in [6.45, 7) is 18.2. The number of hydrogen-bond acceptors (Lipinski definition) is 4. The second kappa shape index (κ2) is 13.0. The van der Waals surface area contributed by atoms with Crippen LogP contribution in [0.15, 0.2) is 4.99 Å². The molecule has 0 aliphatic rings. The van der Waals surface area contributed by atoms with Gasteiger partial charge in [-0.2, -0.15) is 5.10 Å². The van der Waals surface area contributed by atoms with Crippen molar-refractivity contribution in [2.75, 3.05) is 26.2 Å². The number of aliphatic imine (C=N–C) groups is 1. The van der Waals surface area contributed by atoms with Gasteiger partial charge < -0.3 is 20.3 Å². The lowest BCUT2D eigenvalue weighted by molar-refractivity contribution is 0.0266. The van der Waals surface area contributed by atoms with Crippen molar-refractivity contribution < 1.29 is 9.53 Å². The normalized spacial score (nSPS) is 12.8. The summed E-state index contributed by atoms with van der Waals surface area (Å²) in [5.41, 5.74) is 3.03. The number of nitrogens with one attached hydrogen (secondary N) is 2. The minimum Gasteiger partial charge on any atom is -0.444 e. The number of likely N-dealkylation sites (N-methyl/N-ethyl adjacent to an activating group) is 1. The van der Waals surface area contributed by atoms with E-state index in [0.717, 1.165) is 24.6 Å². The molecule has 8 nitrogen and oxygen atoms in total. The Morgan fingerprint density at radius 2 is 1.93 bits per heavy atom. The molecule has 1 amide bonds. The fraction of sp³-hybridized carbons (Fsp3) is 0.762. The van der Waals surface area contributed by atoms with Gasteiger partial charge in [0.25, 0.3) is 0 Å². The number of amides is 1. The lowest BCUT2D eigenvalue weighted by Crippen LogP contribution is -2.44. The zero-order chi connectivity index (χ0) is 22.2. The Bertz CT molecular complexity index is 696. The van der Waals surface area contributed by atoms with Gasteiger partial charge >= 0.3 is 6.09 Å². The highest BCUT2D eigenvalue weighted by Crippen LogP contribution is 2.14. The SMILES string of the molecule is CCNC(=NCCN(CC)C(=O)OC(C)(C)C)NC(C)Cc1c(C)nn(C)c1C.I. The van der Waals surface area contributed by atoms with E-state index in [2.05, 4.69) is 34.6 Å². The van der Waals surface area contributed by atoms with Gasteiger partial charge in [0, 0.05) is 38.4 Å². The quantitative estimate of drug-likeness (QED) is 0.303. The average molecular weight is 537 g/mol. The highest BCUT2D eigenvalue weighted by atomic mass is 127. The molecular formula is C21H41IN6O2. The summed E-state index contributed by atoms with van der Waals surface area (Å²) < 4.78 is 7.37. The first kappa shape index (κ1) is 28.5. The van der Waals surface area contributed by atoms with Crippen molar-refractivity contribution in [3.63, 3.8) is 0 Å². The van der Waals surface area contributed by atoms with Gasteiger partial charge in [-0.3, -0.25) is 9.67 Å². The molecule has 0 saturated heterocycles. The number of aryl methyl sites for hydroxylation is 2. The standard InChI is InChI=1S/C21H40N6O2.HI/c1-10-22-19(23-12-13-27(11-2)20(28)29-21(6,7)8)24-15(3)14-18-16(4)25-26(9)17(18)5;/h15H,10-14H2,1-9H3,(H2,22,23,24);1H. The zero-order valence-electron chi connectivity index (χ0n) is 20.1. The molecule has 1 aromatic heterocycles.